The Morgan fingerprint density at radius 2 is 1.85 bits per heavy atom. The number of anilines is 4. The Morgan fingerprint density at radius 1 is 1.02 bits per heavy atom. The first-order valence-corrected chi connectivity index (χ1v) is 19.8. The maximum absolute atomic E-state index is 15.5. The number of urea groups is 1. The van der Waals surface area contributed by atoms with E-state index in [2.05, 4.69) is 25.8 Å². The number of nitrogens with zero attached hydrogens (tertiary/aromatic N) is 7. The van der Waals surface area contributed by atoms with E-state index < -0.39 is 42.5 Å². The summed E-state index contributed by atoms with van der Waals surface area (Å²) < 4.78 is 51.9. The molecule has 1 saturated carbocycles. The number of alkyl halides is 3. The van der Waals surface area contributed by atoms with Gasteiger partial charge in [-0.2, -0.15) is 0 Å². The number of carbonyl (C=O) groups is 3. The zero-order valence-electron chi connectivity index (χ0n) is 31.9. The molecule has 3 N–H and O–H groups in total. The van der Waals surface area contributed by atoms with Crippen LogP contribution >= 0.6 is 11.6 Å². The summed E-state index contributed by atoms with van der Waals surface area (Å²) >= 11 is 6.33. The Morgan fingerprint density at radius 3 is 2.59 bits per heavy atom. The van der Waals surface area contributed by atoms with Gasteiger partial charge >= 0.3 is 6.03 Å². The van der Waals surface area contributed by atoms with Gasteiger partial charge < -0.3 is 20.3 Å². The summed E-state index contributed by atoms with van der Waals surface area (Å²) in [5.41, 5.74) is 6.26. The lowest BCUT2D eigenvalue weighted by Crippen LogP contribution is -2.50. The number of nitrogens with one attached hydrogen (secondary N) is 3. The van der Waals surface area contributed by atoms with E-state index in [0.29, 0.717) is 61.1 Å². The Kier molecular flexibility index (Phi) is 10.0. The minimum atomic E-state index is -3.01. The number of pyridine rings is 1. The Bertz CT molecular complexity index is 2470. The molecular formula is C41H40ClF3N10O4. The molecule has 0 spiro atoms. The van der Waals surface area contributed by atoms with E-state index in [1.165, 1.54) is 27.7 Å². The average molecular weight is 829 g/mol. The molecule has 1 aliphatic carbocycles. The fraction of sp³-hybridized carbons (Fsp3) is 0.366. The number of piperidine rings is 1. The second-order valence-electron chi connectivity index (χ2n) is 15.3. The Balaban J connectivity index is 0.846. The van der Waals surface area contributed by atoms with Crippen LogP contribution in [-0.4, -0.2) is 100 Å². The maximum atomic E-state index is 15.5. The van der Waals surface area contributed by atoms with Gasteiger partial charge in [0.25, 0.3) is 11.8 Å². The van der Waals surface area contributed by atoms with Gasteiger partial charge in [-0.15, -0.1) is 5.10 Å². The van der Waals surface area contributed by atoms with E-state index in [9.17, 15) is 18.8 Å². The summed E-state index contributed by atoms with van der Waals surface area (Å²) in [6, 6.07) is 15.2. The second kappa shape index (κ2) is 15.3. The number of amides is 4. The van der Waals surface area contributed by atoms with Crippen molar-refractivity contribution in [2.24, 2.45) is 5.92 Å². The van der Waals surface area contributed by atoms with Crippen LogP contribution in [0.4, 0.5) is 40.8 Å². The molecule has 3 fully saturated rings. The highest BCUT2D eigenvalue weighted by atomic mass is 35.5. The molecule has 2 saturated heterocycles. The van der Waals surface area contributed by atoms with Gasteiger partial charge in [-0.3, -0.25) is 29.7 Å². The minimum absolute atomic E-state index is 0.118. The lowest BCUT2D eigenvalue weighted by molar-refractivity contribution is -0.123. The van der Waals surface area contributed by atoms with E-state index in [1.807, 2.05) is 36.4 Å². The van der Waals surface area contributed by atoms with Gasteiger partial charge in [0.1, 0.15) is 11.9 Å². The van der Waals surface area contributed by atoms with Crippen molar-refractivity contribution in [2.75, 3.05) is 55.0 Å². The first-order valence-electron chi connectivity index (χ1n) is 19.5. The van der Waals surface area contributed by atoms with Crippen LogP contribution < -0.4 is 30.5 Å². The molecule has 2 aromatic carbocycles. The van der Waals surface area contributed by atoms with Gasteiger partial charge in [0.05, 0.1) is 53.4 Å². The monoisotopic (exact) mass is 828 g/mol. The van der Waals surface area contributed by atoms with Crippen molar-refractivity contribution in [3.8, 4) is 17.0 Å². The van der Waals surface area contributed by atoms with Gasteiger partial charge in [0.15, 0.2) is 17.2 Å². The highest BCUT2D eigenvalue weighted by Gasteiger charge is 2.45. The number of halogens is 4. The number of rotatable bonds is 11. The normalized spacial score (nSPS) is 21.3. The zero-order chi connectivity index (χ0) is 41.0. The van der Waals surface area contributed by atoms with Crippen LogP contribution in [-0.2, 0) is 17.8 Å². The van der Waals surface area contributed by atoms with Crippen LogP contribution in [0.1, 0.15) is 40.9 Å². The summed E-state index contributed by atoms with van der Waals surface area (Å²) in [4.78, 5) is 51.2. The van der Waals surface area contributed by atoms with Crippen molar-refractivity contribution in [1.82, 2.24) is 35.1 Å². The Labute approximate surface area is 341 Å². The minimum Gasteiger partial charge on any atom is -0.493 e. The van der Waals surface area contributed by atoms with Gasteiger partial charge in [-0.25, -0.2) is 27.5 Å². The summed E-state index contributed by atoms with van der Waals surface area (Å²) in [6.07, 6.45) is 3.49. The largest absolute Gasteiger partial charge is 0.493 e. The van der Waals surface area contributed by atoms with Crippen LogP contribution in [0.5, 0.6) is 5.75 Å². The SMILES string of the molecule is CNc1cc(N2CCc3c(-c4ccc(CN5CCC(COc6ccc(Cl)c(N7CCC(=O)NC7=O)c6)C(F)(F)C5)cn4)cccc32)nn2c(C(=O)N[C@@H]3C[C@@H]3F)cnc12. The fourth-order valence-corrected chi connectivity index (χ4v) is 8.23. The van der Waals surface area contributed by atoms with Gasteiger partial charge in [0.2, 0.25) is 5.91 Å². The van der Waals surface area contributed by atoms with Crippen molar-refractivity contribution in [3.05, 3.63) is 88.8 Å². The van der Waals surface area contributed by atoms with Crippen LogP contribution in [0.15, 0.2) is 67.0 Å². The summed E-state index contributed by atoms with van der Waals surface area (Å²) in [5.74, 6) is -3.94. The number of benzene rings is 2. The second-order valence-corrected chi connectivity index (χ2v) is 15.7. The molecule has 5 aromatic rings. The summed E-state index contributed by atoms with van der Waals surface area (Å²) in [6.45, 7) is 0.882. The highest BCUT2D eigenvalue weighted by Crippen LogP contribution is 2.41. The van der Waals surface area contributed by atoms with Crippen LogP contribution in [0.3, 0.4) is 0 Å². The molecule has 6 heterocycles. The first kappa shape index (κ1) is 38.6. The van der Waals surface area contributed by atoms with E-state index in [4.69, 9.17) is 26.4 Å². The third kappa shape index (κ3) is 7.60. The summed E-state index contributed by atoms with van der Waals surface area (Å²) in [5, 5.41) is 13.2. The Hall–Kier alpha value is -5.94. The molecule has 9 rings (SSSR count). The molecule has 0 bridgehead atoms. The molecular weight excluding hydrogens is 789 g/mol. The molecule has 3 aliphatic heterocycles. The van der Waals surface area contributed by atoms with Crippen LogP contribution in [0.2, 0.25) is 5.02 Å². The van der Waals surface area contributed by atoms with Crippen LogP contribution in [0.25, 0.3) is 16.9 Å². The van der Waals surface area contributed by atoms with Crippen molar-refractivity contribution in [3.63, 3.8) is 0 Å². The molecule has 3 aromatic heterocycles. The molecule has 4 amide bonds. The first-order chi connectivity index (χ1) is 28.4. The molecule has 3 atom stereocenters. The van der Waals surface area contributed by atoms with Crippen molar-refractivity contribution in [2.45, 2.75) is 50.4 Å². The van der Waals surface area contributed by atoms with Gasteiger partial charge in [-0.1, -0.05) is 29.8 Å². The summed E-state index contributed by atoms with van der Waals surface area (Å²) in [7, 11) is 1.77. The number of fused-ring (bicyclic) bond motifs is 2. The van der Waals surface area contributed by atoms with E-state index in [1.54, 1.807) is 24.2 Å². The topological polar surface area (TPSA) is 149 Å². The fourth-order valence-electron chi connectivity index (χ4n) is 8.01. The lowest BCUT2D eigenvalue weighted by Gasteiger charge is -2.38. The number of likely N-dealkylation sites (tertiary alicyclic amines) is 1. The number of imidazole rings is 1. The zero-order valence-corrected chi connectivity index (χ0v) is 32.7. The molecule has 14 nitrogen and oxygen atoms in total. The van der Waals surface area contributed by atoms with Gasteiger partial charge in [0, 0.05) is 69.1 Å². The van der Waals surface area contributed by atoms with Gasteiger partial charge in [-0.05, 0) is 54.8 Å². The quantitative estimate of drug-likeness (QED) is 0.145. The van der Waals surface area contributed by atoms with Crippen molar-refractivity contribution >= 4 is 58.0 Å². The molecule has 306 valence electrons. The van der Waals surface area contributed by atoms with E-state index in [-0.39, 0.29) is 42.6 Å². The lowest BCUT2D eigenvalue weighted by atomic mass is 9.93. The van der Waals surface area contributed by atoms with E-state index >= 15 is 8.78 Å². The van der Waals surface area contributed by atoms with Crippen molar-refractivity contribution in [1.29, 1.82) is 0 Å². The average Bonchev–Trinajstić information content (AvgIpc) is 3.54. The molecule has 1 unspecified atom stereocenters. The van der Waals surface area contributed by atoms with Crippen LogP contribution in [0, 0.1) is 5.92 Å². The molecule has 4 aliphatic rings. The standard InChI is InChI=1S/C41H40ClF3N10O4/c1-46-32-17-36(51-55-35(19-48-38(32)55)39(57)49-31-16-29(31)43)53-13-10-27-26(3-2-4-33(27)53)30-8-5-23(18-47-30)20-52-12-9-24(41(44,45)22-52)21-59-25-6-7-28(42)34(15-25)54-14-11-37(56)50-40(54)58/h2-8,15,17-19,24,29,31,46H,9-14,16,20-22H2,1H3,(H,49,57)(H,50,56,58)/t24?,29-,31+/m0/s1. The molecule has 0 radical (unpaired) electrons. The predicted octanol–water partition coefficient (Wildman–Crippen LogP) is 6.00. The molecule has 18 heteroatoms. The highest BCUT2D eigenvalue weighted by molar-refractivity contribution is 6.34. The number of hydrogen-bond acceptors (Lipinski definition) is 10. The maximum Gasteiger partial charge on any atom is 0.328 e. The number of carbonyl (C=O) groups excluding carboxylic acids is 3. The third-order valence-electron chi connectivity index (χ3n) is 11.3. The number of hydrogen-bond donors (Lipinski definition) is 3. The predicted molar refractivity (Wildman–Crippen MR) is 214 cm³/mol. The number of ether oxygens (including phenoxy) is 1. The number of aromatic nitrogens is 4. The smallest absolute Gasteiger partial charge is 0.328 e. The third-order valence-corrected chi connectivity index (χ3v) is 11.7. The molecule has 59 heavy (non-hydrogen) atoms. The number of imide groups is 1. The van der Waals surface area contributed by atoms with Crippen molar-refractivity contribution < 1.29 is 32.3 Å². The van der Waals surface area contributed by atoms with E-state index in [0.717, 1.165) is 28.1 Å².